The fourth-order valence-electron chi connectivity index (χ4n) is 11.1. The first-order chi connectivity index (χ1) is 36.2. The molecule has 2 atom stereocenters. The summed E-state index contributed by atoms with van der Waals surface area (Å²) in [4.78, 5) is 7.32. The molecule has 11 aromatic rings. The molecule has 0 radical (unpaired) electrons. The topological polar surface area (TPSA) is 9.72 Å². The third kappa shape index (κ3) is 8.27. The molecule has 3 heteroatoms. The Balaban J connectivity index is 0.906. The van der Waals surface area contributed by atoms with Crippen LogP contribution in [-0.4, -0.2) is 6.04 Å². The molecule has 0 saturated heterocycles. The standard InChI is InChI=1S/C70H51N3/c1-5-18-50(19-6-1)53-32-38-58(39-33-53)71(61-27-17-24-56(48-61)52-22-9-3-10-23-52)59-42-36-55(37-43-59)63-45-47-69(65-29-14-13-28-64(63)65)72(60-40-34-54(35-41-60)51-20-7-2-8-21-51)62-44-46-70-67(49-62)66-30-15-16-31-68(66)73(70)57-25-11-4-12-26-57/h1-49,66,68H. The van der Waals surface area contributed by atoms with E-state index >= 15 is 0 Å². The maximum atomic E-state index is 2.50. The Labute approximate surface area is 428 Å². The molecule has 0 saturated carbocycles. The van der Waals surface area contributed by atoms with Gasteiger partial charge >= 0.3 is 0 Å². The molecule has 0 aromatic heterocycles. The van der Waals surface area contributed by atoms with E-state index in [9.17, 15) is 0 Å². The van der Waals surface area contributed by atoms with Gasteiger partial charge in [0.05, 0.1) is 11.7 Å². The summed E-state index contributed by atoms with van der Waals surface area (Å²) in [5, 5.41) is 2.37. The van der Waals surface area contributed by atoms with Crippen LogP contribution in [0, 0.1) is 0 Å². The summed E-state index contributed by atoms with van der Waals surface area (Å²) >= 11 is 0. The number of nitrogens with zero attached hydrogens (tertiary/aromatic N) is 3. The number of fused-ring (bicyclic) bond motifs is 4. The lowest BCUT2D eigenvalue weighted by molar-refractivity contribution is 0.745. The van der Waals surface area contributed by atoms with Gasteiger partial charge in [-0.1, -0.05) is 212 Å². The van der Waals surface area contributed by atoms with Crippen LogP contribution in [0.4, 0.5) is 45.5 Å². The lowest BCUT2D eigenvalue weighted by atomic mass is 9.91. The van der Waals surface area contributed by atoms with Crippen molar-refractivity contribution < 1.29 is 0 Å². The highest BCUT2D eigenvalue weighted by molar-refractivity contribution is 6.06. The Kier molecular flexibility index (Phi) is 11.4. The second-order valence-electron chi connectivity index (χ2n) is 18.9. The van der Waals surface area contributed by atoms with Crippen LogP contribution in [0.2, 0.25) is 0 Å². The third-order valence-electron chi connectivity index (χ3n) is 14.6. The highest BCUT2D eigenvalue weighted by atomic mass is 15.2. The van der Waals surface area contributed by atoms with E-state index in [1.165, 1.54) is 66.7 Å². The summed E-state index contributed by atoms with van der Waals surface area (Å²) in [6, 6.07) is 99.4. The smallest absolute Gasteiger partial charge is 0.0629 e. The second-order valence-corrected chi connectivity index (χ2v) is 18.9. The predicted octanol–water partition coefficient (Wildman–Crippen LogP) is 19.2. The van der Waals surface area contributed by atoms with Crippen molar-refractivity contribution in [2.75, 3.05) is 14.7 Å². The van der Waals surface area contributed by atoms with Gasteiger partial charge in [0.25, 0.3) is 0 Å². The molecule has 11 aromatic carbocycles. The Bertz CT molecular complexity index is 3770. The molecule has 3 nitrogen and oxygen atoms in total. The van der Waals surface area contributed by atoms with Crippen LogP contribution in [0.5, 0.6) is 0 Å². The van der Waals surface area contributed by atoms with E-state index < -0.39 is 0 Å². The molecule has 2 unspecified atom stereocenters. The van der Waals surface area contributed by atoms with Gasteiger partial charge in [0.15, 0.2) is 0 Å². The van der Waals surface area contributed by atoms with Crippen LogP contribution in [-0.2, 0) is 0 Å². The van der Waals surface area contributed by atoms with Gasteiger partial charge in [-0.3, -0.25) is 0 Å². The number of hydrogen-bond acceptors (Lipinski definition) is 3. The number of anilines is 8. The molecule has 346 valence electrons. The average molecular weight is 934 g/mol. The molecule has 2 aliphatic rings. The third-order valence-corrected chi connectivity index (χ3v) is 14.6. The molecule has 0 spiro atoms. The molecule has 0 fully saturated rings. The zero-order valence-corrected chi connectivity index (χ0v) is 40.3. The van der Waals surface area contributed by atoms with Crippen molar-refractivity contribution >= 4 is 56.3 Å². The summed E-state index contributed by atoms with van der Waals surface area (Å²) < 4.78 is 0. The molecular weight excluding hydrogens is 883 g/mol. The Morgan fingerprint density at radius 1 is 0.301 bits per heavy atom. The van der Waals surface area contributed by atoms with Crippen LogP contribution in [0.3, 0.4) is 0 Å². The van der Waals surface area contributed by atoms with Crippen LogP contribution in [0.15, 0.2) is 297 Å². The van der Waals surface area contributed by atoms with E-state index in [1.807, 2.05) is 0 Å². The lowest BCUT2D eigenvalue weighted by Gasteiger charge is -2.29. The van der Waals surface area contributed by atoms with Gasteiger partial charge < -0.3 is 14.7 Å². The number of allylic oxidation sites excluding steroid dienone is 2. The normalized spacial score (nSPS) is 14.4. The molecule has 13 rings (SSSR count). The maximum absolute atomic E-state index is 2.50. The summed E-state index contributed by atoms with van der Waals surface area (Å²) in [6.45, 7) is 0. The summed E-state index contributed by atoms with van der Waals surface area (Å²) in [5.74, 6) is 0.224. The van der Waals surface area contributed by atoms with E-state index in [-0.39, 0.29) is 12.0 Å². The highest BCUT2D eigenvalue weighted by Crippen LogP contribution is 2.51. The first-order valence-corrected chi connectivity index (χ1v) is 25.2. The zero-order valence-electron chi connectivity index (χ0n) is 40.3. The van der Waals surface area contributed by atoms with Crippen molar-refractivity contribution in [1.29, 1.82) is 0 Å². The van der Waals surface area contributed by atoms with E-state index in [2.05, 4.69) is 312 Å². The molecule has 1 aliphatic heterocycles. The van der Waals surface area contributed by atoms with Crippen molar-refractivity contribution in [3.05, 3.63) is 303 Å². The van der Waals surface area contributed by atoms with E-state index in [0.717, 1.165) is 39.7 Å². The first-order valence-electron chi connectivity index (χ1n) is 25.2. The second kappa shape index (κ2) is 19.0. The van der Waals surface area contributed by atoms with Crippen molar-refractivity contribution in [3.63, 3.8) is 0 Å². The van der Waals surface area contributed by atoms with E-state index in [4.69, 9.17) is 0 Å². The predicted molar refractivity (Wildman–Crippen MR) is 308 cm³/mol. The van der Waals surface area contributed by atoms with Crippen LogP contribution >= 0.6 is 0 Å². The Morgan fingerprint density at radius 3 is 1.38 bits per heavy atom. The molecular formula is C70H51N3. The summed E-state index contributed by atoms with van der Waals surface area (Å²) in [7, 11) is 0. The van der Waals surface area contributed by atoms with Crippen LogP contribution in [0.1, 0.15) is 11.5 Å². The molecule has 1 aliphatic carbocycles. The summed E-state index contributed by atoms with van der Waals surface area (Å²) in [6.07, 6.45) is 9.11. The van der Waals surface area contributed by atoms with Gasteiger partial charge in [0.2, 0.25) is 0 Å². The minimum atomic E-state index is 0.203. The molecule has 73 heavy (non-hydrogen) atoms. The van der Waals surface area contributed by atoms with Crippen molar-refractivity contribution in [2.24, 2.45) is 0 Å². The van der Waals surface area contributed by atoms with Gasteiger partial charge in [-0.05, 0) is 140 Å². The fourth-order valence-corrected chi connectivity index (χ4v) is 11.1. The zero-order chi connectivity index (χ0) is 48.5. The number of para-hydroxylation sites is 1. The molecule has 0 bridgehead atoms. The first kappa shape index (κ1) is 43.6. The van der Waals surface area contributed by atoms with Gasteiger partial charge in [-0.25, -0.2) is 0 Å². The quantitative estimate of drug-likeness (QED) is 0.128. The Hall–Kier alpha value is -9.44. The van der Waals surface area contributed by atoms with Crippen LogP contribution in [0.25, 0.3) is 55.3 Å². The van der Waals surface area contributed by atoms with Crippen molar-refractivity contribution in [1.82, 2.24) is 0 Å². The van der Waals surface area contributed by atoms with Gasteiger partial charge in [-0.2, -0.15) is 0 Å². The Morgan fingerprint density at radius 2 is 0.767 bits per heavy atom. The van der Waals surface area contributed by atoms with Gasteiger partial charge in [-0.15, -0.1) is 0 Å². The lowest BCUT2D eigenvalue weighted by Crippen LogP contribution is -2.28. The van der Waals surface area contributed by atoms with Gasteiger partial charge in [0.1, 0.15) is 0 Å². The highest BCUT2D eigenvalue weighted by Gasteiger charge is 2.38. The van der Waals surface area contributed by atoms with Crippen molar-refractivity contribution in [3.8, 4) is 44.5 Å². The van der Waals surface area contributed by atoms with Crippen molar-refractivity contribution in [2.45, 2.75) is 12.0 Å². The minimum absolute atomic E-state index is 0.203. The van der Waals surface area contributed by atoms with Gasteiger partial charge in [0, 0.05) is 51.1 Å². The summed E-state index contributed by atoms with van der Waals surface area (Å²) in [5.41, 5.74) is 19.9. The number of rotatable bonds is 11. The van der Waals surface area contributed by atoms with Crippen LogP contribution < -0.4 is 14.7 Å². The fraction of sp³-hybridized carbons (Fsp3) is 0.0286. The van der Waals surface area contributed by atoms with E-state index in [1.54, 1.807) is 0 Å². The maximum Gasteiger partial charge on any atom is 0.0629 e. The molecule has 0 N–H and O–H groups in total. The minimum Gasteiger partial charge on any atom is -0.333 e. The average Bonchev–Trinajstić information content (AvgIpc) is 3.80. The SMILES string of the molecule is C1=CC2c3cc(N(c4ccc(-c5ccccc5)cc4)c4ccc(-c5ccc(N(c6ccc(-c7ccccc7)cc6)c6cccc(-c7ccccc7)c6)cc5)c5ccccc45)ccc3N(c3ccccc3)C2C=C1. The molecule has 0 amide bonds. The molecule has 1 heterocycles. The monoisotopic (exact) mass is 933 g/mol. The van der Waals surface area contributed by atoms with E-state index in [0.29, 0.717) is 0 Å². The largest absolute Gasteiger partial charge is 0.333 e. The number of hydrogen-bond donors (Lipinski definition) is 0. The number of benzene rings is 11.